The Morgan fingerprint density at radius 2 is 1.10 bits per heavy atom. The molecule has 0 fully saturated rings. The average molecular weight is 298 g/mol. The first-order valence-electron chi connectivity index (χ1n) is 6.45. The quantitative estimate of drug-likeness (QED) is 0.715. The third kappa shape index (κ3) is 3.24. The van der Waals surface area contributed by atoms with Crippen LogP contribution in [0.4, 0.5) is 17.6 Å². The first-order valence-corrected chi connectivity index (χ1v) is 6.45. The molecule has 0 saturated carbocycles. The van der Waals surface area contributed by atoms with Crippen molar-refractivity contribution in [2.45, 2.75) is 26.1 Å². The van der Waals surface area contributed by atoms with E-state index in [1.165, 1.54) is 38.1 Å². The van der Waals surface area contributed by atoms with Crippen molar-refractivity contribution in [3.05, 3.63) is 70.8 Å². The molecular weight excluding hydrogens is 284 g/mol. The minimum atomic E-state index is -1.00. The Bertz CT molecular complexity index is 587. The van der Waals surface area contributed by atoms with Crippen molar-refractivity contribution in [2.75, 3.05) is 0 Å². The van der Waals surface area contributed by atoms with E-state index in [1.54, 1.807) is 0 Å². The summed E-state index contributed by atoms with van der Waals surface area (Å²) in [4.78, 5) is 0. The van der Waals surface area contributed by atoms with Crippen LogP contribution in [0, 0.1) is 23.3 Å². The molecule has 21 heavy (non-hydrogen) atoms. The Balaban J connectivity index is 2.21. The van der Waals surface area contributed by atoms with Crippen LogP contribution < -0.4 is 0 Å². The normalized spacial score (nSPS) is 14.0. The zero-order valence-corrected chi connectivity index (χ0v) is 11.5. The van der Waals surface area contributed by atoms with Gasteiger partial charge in [0, 0.05) is 11.1 Å². The molecule has 0 spiro atoms. The molecular formula is C16H14F4O. The zero-order chi connectivity index (χ0) is 15.6. The largest absolute Gasteiger partial charge is 0.366 e. The van der Waals surface area contributed by atoms with Gasteiger partial charge in [-0.15, -0.1) is 0 Å². The van der Waals surface area contributed by atoms with Gasteiger partial charge in [0.2, 0.25) is 0 Å². The van der Waals surface area contributed by atoms with Crippen molar-refractivity contribution < 1.29 is 22.3 Å². The summed E-state index contributed by atoms with van der Waals surface area (Å²) in [6.45, 7) is 3.04. The van der Waals surface area contributed by atoms with Gasteiger partial charge < -0.3 is 4.74 Å². The van der Waals surface area contributed by atoms with Crippen LogP contribution in [0.3, 0.4) is 0 Å². The summed E-state index contributed by atoms with van der Waals surface area (Å²) < 4.78 is 59.2. The van der Waals surface area contributed by atoms with Crippen molar-refractivity contribution in [3.63, 3.8) is 0 Å². The van der Waals surface area contributed by atoms with E-state index >= 15 is 0 Å². The molecule has 0 N–H and O–H groups in total. The Kier molecular flexibility index (Phi) is 4.63. The smallest absolute Gasteiger partial charge is 0.164 e. The van der Waals surface area contributed by atoms with Gasteiger partial charge in [-0.25, -0.2) is 17.6 Å². The molecule has 2 unspecified atom stereocenters. The molecule has 0 aromatic heterocycles. The number of ether oxygens (including phenoxy) is 1. The predicted molar refractivity (Wildman–Crippen MR) is 70.6 cm³/mol. The second-order valence-corrected chi connectivity index (χ2v) is 4.71. The number of benzene rings is 2. The number of rotatable bonds is 4. The van der Waals surface area contributed by atoms with Gasteiger partial charge in [0.25, 0.3) is 0 Å². The van der Waals surface area contributed by atoms with Gasteiger partial charge in [-0.3, -0.25) is 0 Å². The molecule has 2 aromatic rings. The van der Waals surface area contributed by atoms with E-state index in [9.17, 15) is 17.6 Å². The van der Waals surface area contributed by atoms with Crippen LogP contribution in [0.25, 0.3) is 0 Å². The van der Waals surface area contributed by atoms with Gasteiger partial charge in [0.05, 0.1) is 12.2 Å². The molecule has 0 heterocycles. The van der Waals surface area contributed by atoms with Crippen molar-refractivity contribution >= 4 is 0 Å². The molecule has 1 nitrogen and oxygen atoms in total. The topological polar surface area (TPSA) is 9.23 Å². The molecule has 2 aromatic carbocycles. The maximum absolute atomic E-state index is 13.7. The highest BCUT2D eigenvalue weighted by molar-refractivity contribution is 5.23. The molecule has 5 heteroatoms. The summed E-state index contributed by atoms with van der Waals surface area (Å²) in [5, 5.41) is 0. The maximum Gasteiger partial charge on any atom is 0.164 e. The number of hydrogen-bond acceptors (Lipinski definition) is 1. The van der Waals surface area contributed by atoms with Crippen LogP contribution in [0.2, 0.25) is 0 Å². The SMILES string of the molecule is CC(OC(C)c1cccc(F)c1F)c1cccc(F)c1F. The maximum atomic E-state index is 13.7. The van der Waals surface area contributed by atoms with E-state index in [4.69, 9.17) is 4.74 Å². The standard InChI is InChI=1S/C16H14F4O/c1-9(11-5-3-7-13(17)15(11)19)21-10(2)12-6-4-8-14(18)16(12)20/h3-10H,1-2H3. The molecule has 0 aliphatic carbocycles. The van der Waals surface area contributed by atoms with Gasteiger partial charge in [-0.1, -0.05) is 24.3 Å². The lowest BCUT2D eigenvalue weighted by atomic mass is 10.1. The van der Waals surface area contributed by atoms with E-state index in [2.05, 4.69) is 0 Å². The van der Waals surface area contributed by atoms with Crippen LogP contribution in [0.5, 0.6) is 0 Å². The lowest BCUT2D eigenvalue weighted by Crippen LogP contribution is -2.09. The van der Waals surface area contributed by atoms with Crippen molar-refractivity contribution in [1.82, 2.24) is 0 Å². The lowest BCUT2D eigenvalue weighted by Gasteiger charge is -2.21. The third-order valence-electron chi connectivity index (χ3n) is 3.25. The molecule has 0 bridgehead atoms. The highest BCUT2D eigenvalue weighted by atomic mass is 19.2. The summed E-state index contributed by atoms with van der Waals surface area (Å²) in [5.74, 6) is -3.96. The fourth-order valence-electron chi connectivity index (χ4n) is 2.12. The Hall–Kier alpha value is -1.88. The molecule has 0 saturated heterocycles. The molecule has 0 aliphatic rings. The fourth-order valence-corrected chi connectivity index (χ4v) is 2.12. The second kappa shape index (κ2) is 6.26. The summed E-state index contributed by atoms with van der Waals surface area (Å²) in [5.41, 5.74) is 0.0531. The van der Waals surface area contributed by atoms with E-state index in [0.29, 0.717) is 0 Å². The van der Waals surface area contributed by atoms with Crippen LogP contribution in [0.1, 0.15) is 37.2 Å². The summed E-state index contributed by atoms with van der Waals surface area (Å²) in [6, 6.07) is 7.50. The first kappa shape index (κ1) is 15.5. The summed E-state index contributed by atoms with van der Waals surface area (Å²) in [7, 11) is 0. The number of hydrogen-bond donors (Lipinski definition) is 0. The minimum absolute atomic E-state index is 0.0265. The Morgan fingerprint density at radius 1 is 0.714 bits per heavy atom. The van der Waals surface area contributed by atoms with Gasteiger partial charge in [0.1, 0.15) is 0 Å². The second-order valence-electron chi connectivity index (χ2n) is 4.71. The Morgan fingerprint density at radius 3 is 1.48 bits per heavy atom. The van der Waals surface area contributed by atoms with Crippen molar-refractivity contribution in [2.24, 2.45) is 0 Å². The fraction of sp³-hybridized carbons (Fsp3) is 0.250. The van der Waals surface area contributed by atoms with Gasteiger partial charge in [-0.05, 0) is 26.0 Å². The van der Waals surface area contributed by atoms with E-state index < -0.39 is 35.5 Å². The average Bonchev–Trinajstić information content (AvgIpc) is 2.44. The van der Waals surface area contributed by atoms with Crippen LogP contribution in [-0.4, -0.2) is 0 Å². The van der Waals surface area contributed by atoms with Crippen molar-refractivity contribution in [3.8, 4) is 0 Å². The molecule has 0 radical (unpaired) electrons. The zero-order valence-electron chi connectivity index (χ0n) is 11.5. The molecule has 0 aliphatic heterocycles. The van der Waals surface area contributed by atoms with Crippen LogP contribution >= 0.6 is 0 Å². The van der Waals surface area contributed by atoms with E-state index in [0.717, 1.165) is 12.1 Å². The van der Waals surface area contributed by atoms with Gasteiger partial charge in [-0.2, -0.15) is 0 Å². The van der Waals surface area contributed by atoms with Crippen LogP contribution in [0.15, 0.2) is 36.4 Å². The first-order chi connectivity index (χ1) is 9.91. The van der Waals surface area contributed by atoms with Crippen LogP contribution in [-0.2, 0) is 4.74 Å². The van der Waals surface area contributed by atoms with Crippen molar-refractivity contribution in [1.29, 1.82) is 0 Å². The monoisotopic (exact) mass is 298 g/mol. The molecule has 2 atom stereocenters. The van der Waals surface area contributed by atoms with Gasteiger partial charge >= 0.3 is 0 Å². The molecule has 112 valence electrons. The summed E-state index contributed by atoms with van der Waals surface area (Å²) in [6.07, 6.45) is -1.61. The van der Waals surface area contributed by atoms with E-state index in [-0.39, 0.29) is 11.1 Å². The summed E-state index contributed by atoms with van der Waals surface area (Å²) >= 11 is 0. The van der Waals surface area contributed by atoms with E-state index in [1.807, 2.05) is 0 Å². The minimum Gasteiger partial charge on any atom is -0.366 e. The predicted octanol–water partition coefficient (Wildman–Crippen LogP) is 5.08. The lowest BCUT2D eigenvalue weighted by molar-refractivity contribution is 0.00166. The number of halogens is 4. The molecule has 2 rings (SSSR count). The highest BCUT2D eigenvalue weighted by Crippen LogP contribution is 2.30. The highest BCUT2D eigenvalue weighted by Gasteiger charge is 2.20. The van der Waals surface area contributed by atoms with Gasteiger partial charge in [0.15, 0.2) is 23.3 Å². The molecule has 0 amide bonds. The Labute approximate surface area is 120 Å². The third-order valence-corrected chi connectivity index (χ3v) is 3.25.